The van der Waals surface area contributed by atoms with Crippen LogP contribution in [0.1, 0.15) is 25.7 Å². The van der Waals surface area contributed by atoms with Gasteiger partial charge in [-0.2, -0.15) is 10.5 Å². The van der Waals surface area contributed by atoms with E-state index in [4.69, 9.17) is 10.5 Å². The van der Waals surface area contributed by atoms with E-state index in [0.717, 1.165) is 18.6 Å². The van der Waals surface area contributed by atoms with E-state index in [9.17, 15) is 0 Å². The molecule has 4 heteroatoms. The van der Waals surface area contributed by atoms with Crippen LogP contribution in [0.4, 0.5) is 0 Å². The van der Waals surface area contributed by atoms with E-state index in [1.165, 1.54) is 36.4 Å². The number of hydrogen-bond acceptors (Lipinski definition) is 4. The molecule has 0 heterocycles. The highest BCUT2D eigenvalue weighted by Crippen LogP contribution is 2.32. The van der Waals surface area contributed by atoms with Gasteiger partial charge in [0.05, 0.1) is 0 Å². The summed E-state index contributed by atoms with van der Waals surface area (Å²) in [5.41, 5.74) is 0. The van der Waals surface area contributed by atoms with Gasteiger partial charge in [0, 0.05) is 11.0 Å². The van der Waals surface area contributed by atoms with Crippen LogP contribution in [-0.4, -0.2) is 11.0 Å². The molecular formula is C9H12N2S2. The van der Waals surface area contributed by atoms with Crippen LogP contribution in [0.2, 0.25) is 0 Å². The third kappa shape index (κ3) is 3.93. The van der Waals surface area contributed by atoms with Crippen LogP contribution in [0, 0.1) is 27.2 Å². The molecule has 1 fully saturated rings. The Balaban J connectivity index is 2.16. The van der Waals surface area contributed by atoms with Crippen LogP contribution in [0.5, 0.6) is 0 Å². The van der Waals surface area contributed by atoms with Crippen molar-refractivity contribution < 1.29 is 0 Å². The zero-order chi connectivity index (χ0) is 9.52. The first kappa shape index (κ1) is 10.8. The summed E-state index contributed by atoms with van der Waals surface area (Å²) in [5.74, 6) is 1.68. The van der Waals surface area contributed by atoms with Crippen molar-refractivity contribution in [3.63, 3.8) is 0 Å². The summed E-state index contributed by atoms with van der Waals surface area (Å²) in [6.45, 7) is 0. The van der Waals surface area contributed by atoms with Gasteiger partial charge >= 0.3 is 0 Å². The monoisotopic (exact) mass is 212 g/mol. The lowest BCUT2D eigenvalue weighted by molar-refractivity contribution is 0.400. The van der Waals surface area contributed by atoms with Gasteiger partial charge in [0.25, 0.3) is 0 Å². The van der Waals surface area contributed by atoms with E-state index in [1.807, 2.05) is 0 Å². The molecule has 1 saturated carbocycles. The maximum absolute atomic E-state index is 8.49. The van der Waals surface area contributed by atoms with Crippen molar-refractivity contribution in [2.45, 2.75) is 30.9 Å². The molecule has 0 aromatic heterocycles. The molecule has 0 N–H and O–H groups in total. The minimum absolute atomic E-state index is 0.549. The van der Waals surface area contributed by atoms with E-state index in [1.54, 1.807) is 0 Å². The van der Waals surface area contributed by atoms with Gasteiger partial charge in [0.2, 0.25) is 0 Å². The second-order valence-electron chi connectivity index (χ2n) is 3.25. The molecule has 1 rings (SSSR count). The van der Waals surface area contributed by atoms with Crippen molar-refractivity contribution in [1.82, 2.24) is 0 Å². The zero-order valence-corrected chi connectivity index (χ0v) is 9.03. The van der Waals surface area contributed by atoms with Gasteiger partial charge < -0.3 is 0 Å². The lowest BCUT2D eigenvalue weighted by Gasteiger charge is -2.25. The Bertz CT molecular complexity index is 221. The fourth-order valence-electron chi connectivity index (χ4n) is 1.65. The Morgan fingerprint density at radius 3 is 2.31 bits per heavy atom. The number of hydrogen-bond donors (Lipinski definition) is 0. The average molecular weight is 212 g/mol. The molecule has 0 bridgehead atoms. The summed E-state index contributed by atoms with van der Waals surface area (Å²) in [5, 5.41) is 21.7. The predicted molar refractivity (Wildman–Crippen MR) is 57.0 cm³/mol. The predicted octanol–water partition coefficient (Wildman–Crippen LogP) is 2.97. The second-order valence-corrected chi connectivity index (χ2v) is 5.14. The molecule has 0 atom stereocenters. The standard InChI is InChI=1S/C9H12N2S2/c10-6-12-5-8-1-3-9(4-2-8)13-7-11/h8-9H,1-5H2. The zero-order valence-electron chi connectivity index (χ0n) is 7.40. The molecule has 0 aromatic rings. The van der Waals surface area contributed by atoms with Gasteiger partial charge in [-0.1, -0.05) is 0 Å². The summed E-state index contributed by atoms with van der Waals surface area (Å²) in [4.78, 5) is 0. The average Bonchev–Trinajstić information content (AvgIpc) is 2.17. The van der Waals surface area contributed by atoms with E-state index < -0.39 is 0 Å². The molecule has 2 nitrogen and oxygen atoms in total. The van der Waals surface area contributed by atoms with Crippen molar-refractivity contribution in [1.29, 1.82) is 10.5 Å². The van der Waals surface area contributed by atoms with Crippen molar-refractivity contribution >= 4 is 23.5 Å². The van der Waals surface area contributed by atoms with Crippen molar-refractivity contribution in [2.75, 3.05) is 5.75 Å². The molecular weight excluding hydrogens is 200 g/mol. The van der Waals surface area contributed by atoms with E-state index in [2.05, 4.69) is 10.8 Å². The highest BCUT2D eigenvalue weighted by molar-refractivity contribution is 8.04. The van der Waals surface area contributed by atoms with Gasteiger partial charge in [-0.25, -0.2) is 0 Å². The molecule has 0 unspecified atom stereocenters. The van der Waals surface area contributed by atoms with Crippen LogP contribution in [0.15, 0.2) is 0 Å². The molecule has 0 aliphatic heterocycles. The van der Waals surface area contributed by atoms with Gasteiger partial charge in [0.15, 0.2) is 0 Å². The quantitative estimate of drug-likeness (QED) is 0.675. The summed E-state index contributed by atoms with van der Waals surface area (Å²) >= 11 is 2.77. The van der Waals surface area contributed by atoms with Gasteiger partial charge in [0.1, 0.15) is 10.8 Å². The first-order valence-electron chi connectivity index (χ1n) is 4.42. The number of thiocyanates is 2. The van der Waals surface area contributed by atoms with Crippen LogP contribution in [-0.2, 0) is 0 Å². The van der Waals surface area contributed by atoms with Crippen LogP contribution < -0.4 is 0 Å². The van der Waals surface area contributed by atoms with Crippen molar-refractivity contribution in [3.05, 3.63) is 0 Å². The molecule has 0 radical (unpaired) electrons. The topological polar surface area (TPSA) is 47.6 Å². The molecule has 70 valence electrons. The summed E-state index contributed by atoms with van der Waals surface area (Å²) < 4.78 is 0. The molecule has 0 spiro atoms. The Labute approximate surface area is 87.7 Å². The van der Waals surface area contributed by atoms with E-state index in [0.29, 0.717) is 11.2 Å². The SMILES string of the molecule is N#CSCC1CCC(SC#N)CC1. The van der Waals surface area contributed by atoms with E-state index >= 15 is 0 Å². The third-order valence-electron chi connectivity index (χ3n) is 2.40. The lowest BCUT2D eigenvalue weighted by Crippen LogP contribution is -2.17. The summed E-state index contributed by atoms with van der Waals surface area (Å²) in [7, 11) is 0. The van der Waals surface area contributed by atoms with Gasteiger partial charge in [-0.05, 0) is 55.1 Å². The van der Waals surface area contributed by atoms with Crippen molar-refractivity contribution in [2.24, 2.45) is 5.92 Å². The molecule has 0 amide bonds. The maximum atomic E-state index is 8.49. The number of rotatable bonds is 3. The first-order chi connectivity index (χ1) is 6.36. The fraction of sp³-hybridized carbons (Fsp3) is 0.778. The molecule has 0 saturated heterocycles. The molecule has 13 heavy (non-hydrogen) atoms. The Hall–Kier alpha value is -0.320. The Morgan fingerprint density at radius 1 is 1.08 bits per heavy atom. The molecule has 1 aliphatic carbocycles. The smallest absolute Gasteiger partial charge is 0.133 e. The highest BCUT2D eigenvalue weighted by atomic mass is 32.2. The largest absolute Gasteiger partial charge is 0.185 e. The van der Waals surface area contributed by atoms with Crippen LogP contribution >= 0.6 is 23.5 Å². The molecule has 0 aromatic carbocycles. The first-order valence-corrected chi connectivity index (χ1v) is 6.29. The minimum Gasteiger partial charge on any atom is -0.185 e. The molecule has 1 aliphatic rings. The number of nitrogens with zero attached hydrogens (tertiary/aromatic N) is 2. The van der Waals surface area contributed by atoms with Crippen molar-refractivity contribution in [3.8, 4) is 10.8 Å². The van der Waals surface area contributed by atoms with Crippen LogP contribution in [0.3, 0.4) is 0 Å². The maximum Gasteiger partial charge on any atom is 0.133 e. The third-order valence-corrected chi connectivity index (χ3v) is 4.07. The fourth-order valence-corrected chi connectivity index (χ4v) is 2.95. The highest BCUT2D eigenvalue weighted by Gasteiger charge is 2.21. The Kier molecular flexibility index (Phi) is 5.12. The van der Waals surface area contributed by atoms with Gasteiger partial charge in [-0.3, -0.25) is 0 Å². The normalized spacial score (nSPS) is 27.5. The minimum atomic E-state index is 0.549. The number of thioether (sulfide) groups is 2. The lowest BCUT2D eigenvalue weighted by atomic mass is 9.90. The van der Waals surface area contributed by atoms with E-state index in [-0.39, 0.29) is 0 Å². The summed E-state index contributed by atoms with van der Waals surface area (Å²) in [6, 6.07) is 0. The number of nitriles is 2. The Morgan fingerprint density at radius 2 is 1.77 bits per heavy atom. The van der Waals surface area contributed by atoms with Crippen LogP contribution in [0.25, 0.3) is 0 Å². The second kappa shape index (κ2) is 6.18. The summed E-state index contributed by atoms with van der Waals surface area (Å²) in [6.07, 6.45) is 4.67. The van der Waals surface area contributed by atoms with Gasteiger partial charge in [-0.15, -0.1) is 0 Å².